The third-order valence-corrected chi connectivity index (χ3v) is 2.89. The molecule has 0 aliphatic carbocycles. The number of alkyl carbamates (subject to hydrolysis) is 1. The molecule has 1 heterocycles. The van der Waals surface area contributed by atoms with Crippen LogP contribution >= 0.6 is 0 Å². The maximum absolute atomic E-state index is 11.8. The summed E-state index contributed by atoms with van der Waals surface area (Å²) in [6.45, 7) is 9.21. The van der Waals surface area contributed by atoms with Crippen molar-refractivity contribution in [3.05, 3.63) is 11.8 Å². The summed E-state index contributed by atoms with van der Waals surface area (Å²) in [7, 11) is 1.26. The summed E-state index contributed by atoms with van der Waals surface area (Å²) in [6, 6.07) is 0. The lowest BCUT2D eigenvalue weighted by Crippen LogP contribution is -2.35. The second-order valence-electron chi connectivity index (χ2n) is 6.65. The number of rotatable bonds is 3. The molecule has 122 valence electrons. The lowest BCUT2D eigenvalue weighted by atomic mass is 10.1. The molecule has 0 bridgehead atoms. The zero-order chi connectivity index (χ0) is 16.3. The molecule has 0 aromatic rings. The quantitative estimate of drug-likeness (QED) is 0.641. The molecule has 0 aromatic heterocycles. The standard InChI is InChI=1S/C15H25NO5.H2/c1-14(2,3)21-13(18)16-11(12(17)19-6)9-10-7-8-15(4,5)20-10;/h9-10H,7-8H2,1-6H3,(H,16,18);1H/b11-9-;/t10-;/m1./s1. The van der Waals surface area contributed by atoms with E-state index in [2.05, 4.69) is 10.1 Å². The Labute approximate surface area is 127 Å². The first-order valence-electron chi connectivity index (χ1n) is 7.00. The maximum Gasteiger partial charge on any atom is 0.412 e. The Morgan fingerprint density at radius 1 is 1.38 bits per heavy atom. The van der Waals surface area contributed by atoms with Crippen LogP contribution in [0.4, 0.5) is 4.79 Å². The average Bonchev–Trinajstić information content (AvgIpc) is 2.64. The molecule has 1 N–H and O–H groups in total. The lowest BCUT2D eigenvalue weighted by molar-refractivity contribution is -0.136. The summed E-state index contributed by atoms with van der Waals surface area (Å²) in [6.07, 6.45) is 2.31. The molecule has 1 aliphatic heterocycles. The predicted octanol–water partition coefficient (Wildman–Crippen LogP) is 2.77. The molecule has 0 saturated carbocycles. The van der Waals surface area contributed by atoms with Gasteiger partial charge in [0, 0.05) is 1.43 Å². The number of nitrogens with one attached hydrogen (secondary N) is 1. The summed E-state index contributed by atoms with van der Waals surface area (Å²) in [5, 5.41) is 2.42. The first-order chi connectivity index (χ1) is 9.52. The van der Waals surface area contributed by atoms with Crippen molar-refractivity contribution in [3.63, 3.8) is 0 Å². The Morgan fingerprint density at radius 2 is 2.00 bits per heavy atom. The molecule has 1 amide bonds. The second-order valence-corrected chi connectivity index (χ2v) is 6.65. The van der Waals surface area contributed by atoms with Crippen molar-refractivity contribution < 1.29 is 25.2 Å². The number of hydrogen-bond acceptors (Lipinski definition) is 5. The van der Waals surface area contributed by atoms with Crippen LogP contribution in [0.15, 0.2) is 11.8 Å². The van der Waals surface area contributed by atoms with Gasteiger partial charge in [-0.3, -0.25) is 5.32 Å². The number of methoxy groups -OCH3 is 1. The number of amides is 1. The van der Waals surface area contributed by atoms with Gasteiger partial charge in [0.25, 0.3) is 0 Å². The monoisotopic (exact) mass is 301 g/mol. The smallest absolute Gasteiger partial charge is 0.412 e. The van der Waals surface area contributed by atoms with Gasteiger partial charge in [-0.2, -0.15) is 0 Å². The van der Waals surface area contributed by atoms with E-state index < -0.39 is 17.7 Å². The van der Waals surface area contributed by atoms with E-state index in [1.807, 2.05) is 13.8 Å². The zero-order valence-corrected chi connectivity index (χ0v) is 13.6. The summed E-state index contributed by atoms with van der Waals surface area (Å²) in [5.74, 6) is -0.630. The van der Waals surface area contributed by atoms with Crippen LogP contribution in [-0.2, 0) is 19.0 Å². The molecule has 6 nitrogen and oxygen atoms in total. The van der Waals surface area contributed by atoms with Crippen LogP contribution in [0.5, 0.6) is 0 Å². The summed E-state index contributed by atoms with van der Waals surface area (Å²) >= 11 is 0. The topological polar surface area (TPSA) is 73.9 Å². The minimum Gasteiger partial charge on any atom is -0.464 e. The zero-order valence-electron chi connectivity index (χ0n) is 13.6. The Kier molecular flexibility index (Phi) is 5.39. The first-order valence-corrected chi connectivity index (χ1v) is 7.00. The number of ether oxygens (including phenoxy) is 3. The Hall–Kier alpha value is -1.56. The lowest BCUT2D eigenvalue weighted by Gasteiger charge is -2.21. The molecule has 1 saturated heterocycles. The third-order valence-electron chi connectivity index (χ3n) is 2.89. The molecule has 1 aliphatic rings. The van der Waals surface area contributed by atoms with Crippen molar-refractivity contribution >= 4 is 12.1 Å². The molecular formula is C15H27NO5. The van der Waals surface area contributed by atoms with Crippen LogP contribution in [0.25, 0.3) is 0 Å². The van der Waals surface area contributed by atoms with Crippen LogP contribution < -0.4 is 5.32 Å². The van der Waals surface area contributed by atoms with E-state index in [0.717, 1.165) is 12.8 Å². The third kappa shape index (κ3) is 6.16. The van der Waals surface area contributed by atoms with E-state index in [1.54, 1.807) is 26.8 Å². The van der Waals surface area contributed by atoms with Crippen LogP contribution in [0.1, 0.15) is 48.9 Å². The van der Waals surface area contributed by atoms with Crippen molar-refractivity contribution in [2.45, 2.75) is 64.8 Å². The van der Waals surface area contributed by atoms with Gasteiger partial charge in [0.15, 0.2) is 0 Å². The van der Waals surface area contributed by atoms with Gasteiger partial charge in [0.1, 0.15) is 11.3 Å². The van der Waals surface area contributed by atoms with Gasteiger partial charge in [-0.05, 0) is 53.5 Å². The van der Waals surface area contributed by atoms with Crippen LogP contribution in [0.2, 0.25) is 0 Å². The van der Waals surface area contributed by atoms with Gasteiger partial charge >= 0.3 is 12.1 Å². The molecule has 1 fully saturated rings. The van der Waals surface area contributed by atoms with Gasteiger partial charge in [-0.1, -0.05) is 0 Å². The molecule has 0 unspecified atom stereocenters. The van der Waals surface area contributed by atoms with E-state index in [4.69, 9.17) is 9.47 Å². The SMILES string of the molecule is COC(=O)/C(=C/[C@H]1CCC(C)(C)O1)NC(=O)OC(C)(C)C.[HH]. The fraction of sp³-hybridized carbons (Fsp3) is 0.733. The summed E-state index contributed by atoms with van der Waals surface area (Å²) in [5.41, 5.74) is -0.833. The number of carbonyl (C=O) groups excluding carboxylic acids is 2. The highest BCUT2D eigenvalue weighted by Crippen LogP contribution is 2.30. The van der Waals surface area contributed by atoms with E-state index >= 15 is 0 Å². The summed E-state index contributed by atoms with van der Waals surface area (Å²) in [4.78, 5) is 23.5. The molecule has 0 radical (unpaired) electrons. The van der Waals surface area contributed by atoms with E-state index in [1.165, 1.54) is 7.11 Å². The highest BCUT2D eigenvalue weighted by molar-refractivity contribution is 5.92. The summed E-state index contributed by atoms with van der Waals surface area (Å²) < 4.78 is 15.6. The van der Waals surface area contributed by atoms with Gasteiger partial charge < -0.3 is 14.2 Å². The van der Waals surface area contributed by atoms with Gasteiger partial charge in [0.05, 0.1) is 18.8 Å². The molecule has 1 rings (SSSR count). The number of carbonyl (C=O) groups is 2. The molecule has 21 heavy (non-hydrogen) atoms. The molecule has 0 aromatic carbocycles. The van der Waals surface area contributed by atoms with Crippen molar-refractivity contribution in [1.82, 2.24) is 5.32 Å². The Balaban J connectivity index is 0.00000441. The Bertz CT molecular complexity index is 440. The number of hydrogen-bond donors (Lipinski definition) is 1. The highest BCUT2D eigenvalue weighted by atomic mass is 16.6. The molecule has 1 atom stereocenters. The van der Waals surface area contributed by atoms with Crippen LogP contribution in [-0.4, -0.2) is 36.5 Å². The highest BCUT2D eigenvalue weighted by Gasteiger charge is 2.31. The largest absolute Gasteiger partial charge is 0.464 e. The number of esters is 1. The average molecular weight is 301 g/mol. The maximum atomic E-state index is 11.8. The van der Waals surface area contributed by atoms with Gasteiger partial charge in [-0.15, -0.1) is 0 Å². The van der Waals surface area contributed by atoms with Crippen LogP contribution in [0, 0.1) is 0 Å². The van der Waals surface area contributed by atoms with E-state index in [9.17, 15) is 9.59 Å². The second kappa shape index (κ2) is 6.47. The van der Waals surface area contributed by atoms with Crippen molar-refractivity contribution in [3.8, 4) is 0 Å². The minimum absolute atomic E-state index is 0. The fourth-order valence-corrected chi connectivity index (χ4v) is 2.01. The minimum atomic E-state index is -0.698. The van der Waals surface area contributed by atoms with E-state index in [0.29, 0.717) is 0 Å². The molecule has 0 spiro atoms. The van der Waals surface area contributed by atoms with Crippen LogP contribution in [0.3, 0.4) is 0 Å². The van der Waals surface area contributed by atoms with E-state index in [-0.39, 0.29) is 18.8 Å². The molecule has 6 heteroatoms. The first kappa shape index (κ1) is 17.5. The van der Waals surface area contributed by atoms with Crippen molar-refractivity contribution in [2.24, 2.45) is 0 Å². The molecular weight excluding hydrogens is 274 g/mol. The van der Waals surface area contributed by atoms with Crippen molar-refractivity contribution in [2.75, 3.05) is 7.11 Å². The van der Waals surface area contributed by atoms with Gasteiger partial charge in [-0.25, -0.2) is 9.59 Å². The van der Waals surface area contributed by atoms with Crippen molar-refractivity contribution in [1.29, 1.82) is 0 Å². The Morgan fingerprint density at radius 3 is 2.43 bits per heavy atom. The van der Waals surface area contributed by atoms with Gasteiger partial charge in [0.2, 0.25) is 0 Å². The normalized spacial score (nSPS) is 21.8. The fourth-order valence-electron chi connectivity index (χ4n) is 2.01. The predicted molar refractivity (Wildman–Crippen MR) is 79.8 cm³/mol.